The topological polar surface area (TPSA) is 72.7 Å². The molecular weight excluding hydrogens is 448 g/mol. The monoisotopic (exact) mass is 478 g/mol. The Morgan fingerprint density at radius 3 is 2.53 bits per heavy atom. The van der Waals surface area contributed by atoms with E-state index in [1.54, 1.807) is 14.2 Å². The molecule has 3 aromatic rings. The van der Waals surface area contributed by atoms with E-state index in [-0.39, 0.29) is 6.04 Å². The smallest absolute Gasteiger partial charge is 0.258 e. The van der Waals surface area contributed by atoms with E-state index in [0.717, 1.165) is 59.7 Å². The molecule has 0 aliphatic carbocycles. The predicted octanol–water partition coefficient (Wildman–Crippen LogP) is 5.61. The van der Waals surface area contributed by atoms with Gasteiger partial charge in [-0.3, -0.25) is 0 Å². The first-order chi connectivity index (χ1) is 16.5. The van der Waals surface area contributed by atoms with Crippen molar-refractivity contribution in [2.24, 2.45) is 0 Å². The molecule has 7 nitrogen and oxygen atoms in total. The van der Waals surface area contributed by atoms with Crippen LogP contribution in [0.3, 0.4) is 0 Å². The maximum atomic E-state index is 5.81. The van der Waals surface area contributed by atoms with E-state index in [4.69, 9.17) is 31.2 Å². The highest BCUT2D eigenvalue weighted by Gasteiger charge is 2.34. The van der Waals surface area contributed by atoms with Crippen LogP contribution in [0.25, 0.3) is 17.0 Å². The molecule has 8 heteroatoms. The molecule has 0 radical (unpaired) electrons. The highest BCUT2D eigenvalue weighted by Crippen LogP contribution is 2.38. The fourth-order valence-electron chi connectivity index (χ4n) is 4.11. The van der Waals surface area contributed by atoms with Crippen LogP contribution in [0, 0.1) is 0 Å². The van der Waals surface area contributed by atoms with Crippen molar-refractivity contribution in [3.8, 4) is 22.9 Å². The van der Waals surface area contributed by atoms with Crippen molar-refractivity contribution in [2.45, 2.75) is 39.2 Å². The first-order valence-corrected chi connectivity index (χ1v) is 11.9. The van der Waals surface area contributed by atoms with Crippen molar-refractivity contribution in [2.75, 3.05) is 20.8 Å². The Hall–Kier alpha value is -3.39. The van der Waals surface area contributed by atoms with Gasteiger partial charge >= 0.3 is 0 Å². The highest BCUT2D eigenvalue weighted by molar-refractivity contribution is 7.80. The van der Waals surface area contributed by atoms with Gasteiger partial charge in [-0.25, -0.2) is 0 Å². The molecule has 0 spiro atoms. The van der Waals surface area contributed by atoms with Gasteiger partial charge in [0.05, 0.1) is 25.8 Å². The van der Waals surface area contributed by atoms with Crippen molar-refractivity contribution in [1.82, 2.24) is 20.4 Å². The molecular formula is C26H30N4O3S. The first-order valence-electron chi connectivity index (χ1n) is 11.5. The van der Waals surface area contributed by atoms with E-state index in [1.165, 1.54) is 0 Å². The zero-order valence-electron chi connectivity index (χ0n) is 20.0. The summed E-state index contributed by atoms with van der Waals surface area (Å²) < 4.78 is 16.5. The normalized spacial score (nSPS) is 15.9. The number of thiocarbonyl (C=S) groups is 1. The molecule has 1 N–H and O–H groups in total. The van der Waals surface area contributed by atoms with Gasteiger partial charge in [0.15, 0.2) is 5.11 Å². The summed E-state index contributed by atoms with van der Waals surface area (Å²) in [5.41, 5.74) is 3.78. The van der Waals surface area contributed by atoms with Gasteiger partial charge in [-0.2, -0.15) is 4.98 Å². The summed E-state index contributed by atoms with van der Waals surface area (Å²) in [5, 5.41) is 8.47. The molecule has 1 aliphatic rings. The third-order valence-electron chi connectivity index (χ3n) is 6.01. The van der Waals surface area contributed by atoms with Gasteiger partial charge < -0.3 is 24.2 Å². The number of allylic oxidation sites excluding steroid dienone is 1. The average molecular weight is 479 g/mol. The first kappa shape index (κ1) is 23.8. The second-order valence-electron chi connectivity index (χ2n) is 8.17. The summed E-state index contributed by atoms with van der Waals surface area (Å²) in [5.74, 6) is 2.54. The number of aromatic nitrogens is 2. The Bertz CT molecular complexity index is 1170. The van der Waals surface area contributed by atoms with Crippen LogP contribution in [0.5, 0.6) is 11.5 Å². The largest absolute Gasteiger partial charge is 0.497 e. The Labute approximate surface area is 205 Å². The number of ether oxygens (including phenoxy) is 2. The van der Waals surface area contributed by atoms with Crippen LogP contribution >= 0.6 is 12.2 Å². The number of benzene rings is 2. The summed E-state index contributed by atoms with van der Waals surface area (Å²) in [6, 6.07) is 15.3. The van der Waals surface area contributed by atoms with E-state index >= 15 is 0 Å². The lowest BCUT2D eigenvalue weighted by atomic mass is 9.94. The number of hydrogen-bond acceptors (Lipinski definition) is 6. The van der Waals surface area contributed by atoms with Crippen LogP contribution < -0.4 is 14.8 Å². The molecule has 1 aromatic heterocycles. The molecule has 0 bridgehead atoms. The SMILES string of the molecule is CCCCCN1C(=S)NC(c2cccc(OC)c2)C(c2nc(-c3ccc(OC)cc3)no2)=C1C. The molecule has 34 heavy (non-hydrogen) atoms. The quantitative estimate of drug-likeness (QED) is 0.314. The fraction of sp³-hybridized carbons (Fsp3) is 0.346. The zero-order valence-corrected chi connectivity index (χ0v) is 20.8. The molecule has 0 fully saturated rings. The summed E-state index contributed by atoms with van der Waals surface area (Å²) in [4.78, 5) is 6.90. The Morgan fingerprint density at radius 2 is 1.82 bits per heavy atom. The van der Waals surface area contributed by atoms with Gasteiger partial charge in [-0.15, -0.1) is 0 Å². The number of hydrogen-bond donors (Lipinski definition) is 1. The van der Waals surface area contributed by atoms with Gasteiger partial charge in [-0.05, 0) is 67.5 Å². The number of rotatable bonds is 9. The number of nitrogens with one attached hydrogen (secondary N) is 1. The summed E-state index contributed by atoms with van der Waals surface area (Å²) in [6.07, 6.45) is 3.34. The minimum atomic E-state index is -0.241. The van der Waals surface area contributed by atoms with Crippen LogP contribution in [-0.2, 0) is 0 Å². The lowest BCUT2D eigenvalue weighted by Crippen LogP contribution is -2.46. The highest BCUT2D eigenvalue weighted by atomic mass is 32.1. The van der Waals surface area contributed by atoms with Crippen LogP contribution in [0.15, 0.2) is 58.8 Å². The van der Waals surface area contributed by atoms with Gasteiger partial charge in [-0.1, -0.05) is 37.1 Å². The Kier molecular flexibility index (Phi) is 7.47. The van der Waals surface area contributed by atoms with Crippen LogP contribution in [0.2, 0.25) is 0 Å². The lowest BCUT2D eigenvalue weighted by molar-refractivity contribution is 0.394. The van der Waals surface area contributed by atoms with Crippen LogP contribution in [0.4, 0.5) is 0 Å². The second-order valence-corrected chi connectivity index (χ2v) is 8.56. The molecule has 0 saturated heterocycles. The molecule has 2 aromatic carbocycles. The minimum Gasteiger partial charge on any atom is -0.497 e. The molecule has 4 rings (SSSR count). The average Bonchev–Trinajstić information content (AvgIpc) is 3.35. The molecule has 0 amide bonds. The van der Waals surface area contributed by atoms with Gasteiger partial charge in [0.2, 0.25) is 5.82 Å². The van der Waals surface area contributed by atoms with Crippen LogP contribution in [0.1, 0.15) is 50.6 Å². The van der Waals surface area contributed by atoms with E-state index in [1.807, 2.05) is 48.5 Å². The predicted molar refractivity (Wildman–Crippen MR) is 137 cm³/mol. The van der Waals surface area contributed by atoms with Crippen molar-refractivity contribution in [3.05, 3.63) is 65.7 Å². The lowest BCUT2D eigenvalue weighted by Gasteiger charge is -2.37. The van der Waals surface area contributed by atoms with Crippen molar-refractivity contribution >= 4 is 22.9 Å². The van der Waals surface area contributed by atoms with E-state index < -0.39 is 0 Å². The molecule has 178 valence electrons. The third kappa shape index (κ3) is 4.92. The summed E-state index contributed by atoms with van der Waals surface area (Å²) >= 11 is 5.77. The van der Waals surface area contributed by atoms with Gasteiger partial charge in [0.25, 0.3) is 5.89 Å². The fourth-order valence-corrected chi connectivity index (χ4v) is 4.45. The van der Waals surface area contributed by atoms with E-state index in [0.29, 0.717) is 16.8 Å². The van der Waals surface area contributed by atoms with E-state index in [2.05, 4.69) is 29.2 Å². The minimum absolute atomic E-state index is 0.241. The zero-order chi connectivity index (χ0) is 24.1. The van der Waals surface area contributed by atoms with E-state index in [9.17, 15) is 0 Å². The number of nitrogens with zero attached hydrogens (tertiary/aromatic N) is 3. The molecule has 2 heterocycles. The molecule has 1 aliphatic heterocycles. The van der Waals surface area contributed by atoms with Crippen molar-refractivity contribution in [1.29, 1.82) is 0 Å². The Balaban J connectivity index is 1.76. The number of methoxy groups -OCH3 is 2. The van der Waals surface area contributed by atoms with Crippen LogP contribution in [-0.4, -0.2) is 40.9 Å². The maximum absolute atomic E-state index is 5.81. The molecule has 1 atom stereocenters. The molecule has 1 unspecified atom stereocenters. The van der Waals surface area contributed by atoms with Gasteiger partial charge in [0, 0.05) is 17.8 Å². The van der Waals surface area contributed by atoms with Crippen molar-refractivity contribution in [3.63, 3.8) is 0 Å². The molecule has 0 saturated carbocycles. The number of unbranched alkanes of at least 4 members (excludes halogenated alkanes) is 2. The Morgan fingerprint density at radius 1 is 1.06 bits per heavy atom. The standard InChI is InChI=1S/C26H30N4O3S/c1-5-6-7-15-30-17(2)22(23(27-26(30)34)19-9-8-10-21(16-19)32-4)25-28-24(29-33-25)18-11-13-20(31-3)14-12-18/h8-14,16,23H,5-7,15H2,1-4H3,(H,27,34). The second kappa shape index (κ2) is 10.7. The van der Waals surface area contributed by atoms with Gasteiger partial charge in [0.1, 0.15) is 11.5 Å². The summed E-state index contributed by atoms with van der Waals surface area (Å²) in [7, 11) is 3.30. The maximum Gasteiger partial charge on any atom is 0.258 e. The third-order valence-corrected chi connectivity index (χ3v) is 6.35. The summed E-state index contributed by atoms with van der Waals surface area (Å²) in [6.45, 7) is 5.09. The van der Waals surface area contributed by atoms with Crippen molar-refractivity contribution < 1.29 is 14.0 Å².